The number of sulfonamides is 1. The van der Waals surface area contributed by atoms with Crippen LogP contribution in [-0.4, -0.2) is 44.2 Å². The van der Waals surface area contributed by atoms with Crippen molar-refractivity contribution >= 4 is 43.5 Å². The van der Waals surface area contributed by atoms with E-state index in [4.69, 9.17) is 0 Å². The molecule has 0 bridgehead atoms. The van der Waals surface area contributed by atoms with Crippen molar-refractivity contribution in [3.63, 3.8) is 0 Å². The van der Waals surface area contributed by atoms with Crippen LogP contribution in [0.15, 0.2) is 45.8 Å². The number of hydrogen-bond donors (Lipinski definition) is 1. The van der Waals surface area contributed by atoms with E-state index in [1.807, 2.05) is 0 Å². The molecule has 1 N–H and O–H groups in total. The fourth-order valence-electron chi connectivity index (χ4n) is 4.47. The zero-order valence-corrected chi connectivity index (χ0v) is 21.3. The van der Waals surface area contributed by atoms with Crippen molar-refractivity contribution in [2.24, 2.45) is 5.92 Å². The number of nitrogens with one attached hydrogen (secondary N) is 1. The second kappa shape index (κ2) is 10.1. The summed E-state index contributed by atoms with van der Waals surface area (Å²) in [5, 5.41) is 2.86. The van der Waals surface area contributed by atoms with Crippen LogP contribution in [0.25, 0.3) is 0 Å². The number of halogens is 2. The van der Waals surface area contributed by atoms with Gasteiger partial charge < -0.3 is 10.2 Å². The number of benzene rings is 2. The summed E-state index contributed by atoms with van der Waals surface area (Å²) in [6, 6.07) is 9.32. The highest BCUT2D eigenvalue weighted by Gasteiger charge is 2.35. The van der Waals surface area contributed by atoms with Crippen LogP contribution in [0.3, 0.4) is 0 Å². The van der Waals surface area contributed by atoms with Gasteiger partial charge in [-0.1, -0.05) is 19.1 Å². The quantitative estimate of drug-likeness (QED) is 0.594. The molecule has 182 valence electrons. The van der Waals surface area contributed by atoms with Gasteiger partial charge in [0.2, 0.25) is 21.8 Å². The number of anilines is 1. The van der Waals surface area contributed by atoms with Crippen LogP contribution in [0.5, 0.6) is 0 Å². The lowest BCUT2D eigenvalue weighted by Gasteiger charge is -2.31. The Kier molecular flexibility index (Phi) is 7.39. The minimum atomic E-state index is -3.80. The van der Waals surface area contributed by atoms with E-state index in [1.54, 1.807) is 36.1 Å². The molecule has 2 aliphatic rings. The van der Waals surface area contributed by atoms with E-state index >= 15 is 0 Å². The van der Waals surface area contributed by atoms with Gasteiger partial charge in [-0.05, 0) is 70.6 Å². The molecule has 0 radical (unpaired) electrons. The largest absolute Gasteiger partial charge is 0.352 e. The maximum atomic E-state index is 13.4. The standard InChI is InChI=1S/C24H27BrFN3O4S/c1-2-23(30)29-12-9-18-13-20(25)22(14-21(18)29)34(32,33)28-10-7-17(8-11-28)24(31)27-15-16-3-5-19(26)6-4-16/h3-6,13-14,17H,2,7-12,15H2,1H3,(H,27,31). The molecule has 0 aliphatic carbocycles. The molecule has 10 heteroatoms. The molecule has 7 nitrogen and oxygen atoms in total. The van der Waals surface area contributed by atoms with Crippen LogP contribution in [0.2, 0.25) is 0 Å². The third-order valence-corrected chi connectivity index (χ3v) is 9.31. The monoisotopic (exact) mass is 551 g/mol. The fourth-order valence-corrected chi connectivity index (χ4v) is 7.01. The van der Waals surface area contributed by atoms with Crippen molar-refractivity contribution in [1.82, 2.24) is 9.62 Å². The summed E-state index contributed by atoms with van der Waals surface area (Å²) < 4.78 is 41.8. The third-order valence-electron chi connectivity index (χ3n) is 6.45. The Morgan fingerprint density at radius 3 is 2.44 bits per heavy atom. The molecule has 2 heterocycles. The lowest BCUT2D eigenvalue weighted by molar-refractivity contribution is -0.126. The van der Waals surface area contributed by atoms with Gasteiger partial charge in [0.05, 0.1) is 4.90 Å². The van der Waals surface area contributed by atoms with Crippen LogP contribution in [0, 0.1) is 11.7 Å². The van der Waals surface area contributed by atoms with E-state index in [1.165, 1.54) is 16.4 Å². The molecule has 2 aliphatic heterocycles. The van der Waals surface area contributed by atoms with Gasteiger partial charge in [-0.15, -0.1) is 0 Å². The molecule has 4 rings (SSSR count). The van der Waals surface area contributed by atoms with Gasteiger partial charge in [0.15, 0.2) is 0 Å². The van der Waals surface area contributed by atoms with Gasteiger partial charge in [0, 0.05) is 48.7 Å². The van der Waals surface area contributed by atoms with E-state index < -0.39 is 10.0 Å². The van der Waals surface area contributed by atoms with Crippen molar-refractivity contribution in [2.45, 2.75) is 44.0 Å². The highest BCUT2D eigenvalue weighted by atomic mass is 79.9. The molecule has 2 aromatic carbocycles. The Morgan fingerprint density at radius 1 is 1.12 bits per heavy atom. The number of fused-ring (bicyclic) bond motifs is 1. The van der Waals surface area contributed by atoms with Gasteiger partial charge in [-0.25, -0.2) is 12.8 Å². The predicted octanol–water partition coefficient (Wildman–Crippen LogP) is 3.60. The van der Waals surface area contributed by atoms with Crippen LogP contribution in [0.1, 0.15) is 37.3 Å². The molecule has 0 saturated carbocycles. The van der Waals surface area contributed by atoms with Crippen molar-refractivity contribution < 1.29 is 22.4 Å². The number of carbonyl (C=O) groups is 2. The molecule has 2 amide bonds. The number of rotatable bonds is 6. The van der Waals surface area contributed by atoms with Gasteiger partial charge >= 0.3 is 0 Å². The predicted molar refractivity (Wildman–Crippen MR) is 130 cm³/mol. The first-order valence-corrected chi connectivity index (χ1v) is 13.6. The number of nitrogens with zero attached hydrogens (tertiary/aromatic N) is 2. The summed E-state index contributed by atoms with van der Waals surface area (Å²) in [4.78, 5) is 26.7. The average molecular weight is 552 g/mol. The average Bonchev–Trinajstić information content (AvgIpc) is 3.25. The Labute approximate surface area is 207 Å². The molecule has 0 unspecified atom stereocenters. The Balaban J connectivity index is 1.41. The summed E-state index contributed by atoms with van der Waals surface area (Å²) in [7, 11) is -3.80. The second-order valence-electron chi connectivity index (χ2n) is 8.58. The van der Waals surface area contributed by atoms with Gasteiger partial charge in [0.1, 0.15) is 5.82 Å². The summed E-state index contributed by atoms with van der Waals surface area (Å²) >= 11 is 3.41. The third kappa shape index (κ3) is 5.04. The van der Waals surface area contributed by atoms with Crippen LogP contribution >= 0.6 is 15.9 Å². The Bertz CT molecular complexity index is 1200. The number of piperidine rings is 1. The highest BCUT2D eigenvalue weighted by molar-refractivity contribution is 9.10. The molecular formula is C24H27BrFN3O4S. The van der Waals surface area contributed by atoms with Crippen molar-refractivity contribution in [3.8, 4) is 0 Å². The summed E-state index contributed by atoms with van der Waals surface area (Å²) in [6.07, 6.45) is 1.88. The lowest BCUT2D eigenvalue weighted by Crippen LogP contribution is -2.43. The Hall–Kier alpha value is -2.30. The van der Waals surface area contributed by atoms with Crippen molar-refractivity contribution in [2.75, 3.05) is 24.5 Å². The highest BCUT2D eigenvalue weighted by Crippen LogP contribution is 2.37. The zero-order valence-electron chi connectivity index (χ0n) is 18.9. The fraction of sp³-hybridized carbons (Fsp3) is 0.417. The second-order valence-corrected chi connectivity index (χ2v) is 11.3. The van der Waals surface area contributed by atoms with Crippen LogP contribution in [-0.2, 0) is 32.6 Å². The van der Waals surface area contributed by atoms with Crippen molar-refractivity contribution in [1.29, 1.82) is 0 Å². The molecule has 2 aromatic rings. The van der Waals surface area contributed by atoms with E-state index in [0.717, 1.165) is 11.1 Å². The molecule has 0 atom stereocenters. The maximum absolute atomic E-state index is 13.4. The summed E-state index contributed by atoms with van der Waals surface area (Å²) in [6.45, 7) is 3.11. The molecule has 1 fully saturated rings. The van der Waals surface area contributed by atoms with E-state index in [9.17, 15) is 22.4 Å². The molecule has 1 saturated heterocycles. The number of carbonyl (C=O) groups excluding carboxylic acids is 2. The summed E-state index contributed by atoms with van der Waals surface area (Å²) in [5.41, 5.74) is 2.40. The smallest absolute Gasteiger partial charge is 0.244 e. The van der Waals surface area contributed by atoms with Gasteiger partial charge in [-0.3, -0.25) is 9.59 Å². The van der Waals surface area contributed by atoms with E-state index in [-0.39, 0.29) is 41.5 Å². The molecular weight excluding hydrogens is 525 g/mol. The summed E-state index contributed by atoms with van der Waals surface area (Å²) in [5.74, 6) is -0.776. The SMILES string of the molecule is CCC(=O)N1CCc2cc(Br)c(S(=O)(=O)N3CCC(C(=O)NCc4ccc(F)cc4)CC3)cc21. The number of hydrogen-bond acceptors (Lipinski definition) is 4. The van der Waals surface area contributed by atoms with E-state index in [2.05, 4.69) is 21.2 Å². The van der Waals surface area contributed by atoms with Gasteiger partial charge in [-0.2, -0.15) is 4.31 Å². The topological polar surface area (TPSA) is 86.8 Å². The van der Waals surface area contributed by atoms with Crippen molar-refractivity contribution in [3.05, 3.63) is 57.8 Å². The zero-order chi connectivity index (χ0) is 24.5. The first-order valence-electron chi connectivity index (χ1n) is 11.4. The van der Waals surface area contributed by atoms with Gasteiger partial charge in [0.25, 0.3) is 0 Å². The number of amides is 2. The minimum Gasteiger partial charge on any atom is -0.352 e. The van der Waals surface area contributed by atoms with E-state index in [0.29, 0.717) is 48.9 Å². The van der Waals surface area contributed by atoms with Crippen LogP contribution < -0.4 is 10.2 Å². The molecule has 34 heavy (non-hydrogen) atoms. The first kappa shape index (κ1) is 24.8. The minimum absolute atomic E-state index is 0.0307. The maximum Gasteiger partial charge on any atom is 0.244 e. The first-order chi connectivity index (χ1) is 16.2. The Morgan fingerprint density at radius 2 is 1.79 bits per heavy atom. The molecule has 0 spiro atoms. The lowest BCUT2D eigenvalue weighted by atomic mass is 9.97. The molecule has 0 aromatic heterocycles. The normalized spacial score (nSPS) is 17.0. The van der Waals surface area contributed by atoms with Crippen LogP contribution in [0.4, 0.5) is 10.1 Å².